The number of ether oxygens (including phenoxy) is 1. The highest BCUT2D eigenvalue weighted by molar-refractivity contribution is 5.97. The van der Waals surface area contributed by atoms with Gasteiger partial charge in [0.15, 0.2) is 17.3 Å². The van der Waals surface area contributed by atoms with Crippen LogP contribution in [0.5, 0.6) is 11.5 Å². The second kappa shape index (κ2) is 5.86. The Bertz CT molecular complexity index is 597. The van der Waals surface area contributed by atoms with E-state index in [1.54, 1.807) is 18.3 Å². The van der Waals surface area contributed by atoms with Gasteiger partial charge in [0.05, 0.1) is 0 Å². The van der Waals surface area contributed by atoms with E-state index in [0.717, 1.165) is 17.7 Å². The van der Waals surface area contributed by atoms with Gasteiger partial charge in [-0.05, 0) is 30.2 Å². The Morgan fingerprint density at radius 3 is 2.74 bits per heavy atom. The first kappa shape index (κ1) is 12.9. The number of amidine groups is 1. The number of nitrogens with zero attached hydrogens (tertiary/aromatic N) is 2. The summed E-state index contributed by atoms with van der Waals surface area (Å²) in [6.07, 6.45) is 2.42. The lowest BCUT2D eigenvalue weighted by Gasteiger charge is -2.12. The van der Waals surface area contributed by atoms with Gasteiger partial charge < -0.3 is 15.7 Å². The van der Waals surface area contributed by atoms with Crippen LogP contribution < -0.4 is 10.5 Å². The highest BCUT2D eigenvalue weighted by Crippen LogP contribution is 2.27. The zero-order valence-electron chi connectivity index (χ0n) is 10.6. The predicted molar refractivity (Wildman–Crippen MR) is 72.6 cm³/mol. The SMILES string of the molecule is CCc1ccccc1Oc1cccnc1/C(N)=N/O. The first-order valence-electron chi connectivity index (χ1n) is 5.95. The van der Waals surface area contributed by atoms with Crippen LogP contribution in [0, 0.1) is 0 Å². The van der Waals surface area contributed by atoms with Crippen LogP contribution in [-0.4, -0.2) is 16.0 Å². The highest BCUT2D eigenvalue weighted by Gasteiger charge is 2.11. The minimum Gasteiger partial charge on any atom is -0.455 e. The summed E-state index contributed by atoms with van der Waals surface area (Å²) in [5.41, 5.74) is 6.97. The fourth-order valence-corrected chi connectivity index (χ4v) is 1.73. The molecule has 3 N–H and O–H groups in total. The van der Waals surface area contributed by atoms with Crippen LogP contribution in [0.25, 0.3) is 0 Å². The molecule has 0 unspecified atom stereocenters. The first-order valence-corrected chi connectivity index (χ1v) is 5.95. The smallest absolute Gasteiger partial charge is 0.192 e. The summed E-state index contributed by atoms with van der Waals surface area (Å²) in [6.45, 7) is 2.05. The van der Waals surface area contributed by atoms with Crippen molar-refractivity contribution in [2.45, 2.75) is 13.3 Å². The van der Waals surface area contributed by atoms with Crippen molar-refractivity contribution in [2.24, 2.45) is 10.9 Å². The molecule has 1 heterocycles. The van der Waals surface area contributed by atoms with Crippen LogP contribution in [0.15, 0.2) is 47.8 Å². The van der Waals surface area contributed by atoms with E-state index >= 15 is 0 Å². The summed E-state index contributed by atoms with van der Waals surface area (Å²) in [6, 6.07) is 11.2. The van der Waals surface area contributed by atoms with Crippen molar-refractivity contribution in [2.75, 3.05) is 0 Å². The Labute approximate surface area is 111 Å². The number of hydrogen-bond donors (Lipinski definition) is 2. The minimum atomic E-state index is -0.0791. The number of pyridine rings is 1. The van der Waals surface area contributed by atoms with Crippen molar-refractivity contribution in [3.05, 3.63) is 53.9 Å². The molecule has 0 aliphatic rings. The van der Waals surface area contributed by atoms with Crippen molar-refractivity contribution in [3.63, 3.8) is 0 Å². The zero-order chi connectivity index (χ0) is 13.7. The lowest BCUT2D eigenvalue weighted by Crippen LogP contribution is -2.16. The van der Waals surface area contributed by atoms with Crippen LogP contribution in [0.2, 0.25) is 0 Å². The van der Waals surface area contributed by atoms with Crippen molar-refractivity contribution < 1.29 is 9.94 Å². The summed E-state index contributed by atoms with van der Waals surface area (Å²) in [7, 11) is 0. The van der Waals surface area contributed by atoms with Gasteiger partial charge in [-0.2, -0.15) is 0 Å². The highest BCUT2D eigenvalue weighted by atomic mass is 16.5. The number of oxime groups is 1. The van der Waals surface area contributed by atoms with E-state index in [2.05, 4.69) is 17.1 Å². The molecule has 0 aliphatic carbocycles. The maximum Gasteiger partial charge on any atom is 0.192 e. The molecular formula is C14H15N3O2. The van der Waals surface area contributed by atoms with Crippen molar-refractivity contribution >= 4 is 5.84 Å². The molecule has 19 heavy (non-hydrogen) atoms. The summed E-state index contributed by atoms with van der Waals surface area (Å²) in [5.74, 6) is 1.12. The summed E-state index contributed by atoms with van der Waals surface area (Å²) >= 11 is 0. The van der Waals surface area contributed by atoms with Crippen LogP contribution >= 0.6 is 0 Å². The average Bonchev–Trinajstić information content (AvgIpc) is 2.47. The molecule has 5 nitrogen and oxygen atoms in total. The molecule has 0 amide bonds. The second-order valence-electron chi connectivity index (χ2n) is 3.90. The van der Waals surface area contributed by atoms with Gasteiger partial charge in [-0.3, -0.25) is 0 Å². The molecule has 1 aromatic carbocycles. The molecule has 5 heteroatoms. The molecule has 1 aromatic heterocycles. The van der Waals surface area contributed by atoms with Gasteiger partial charge in [0.25, 0.3) is 0 Å². The second-order valence-corrected chi connectivity index (χ2v) is 3.90. The van der Waals surface area contributed by atoms with Gasteiger partial charge in [-0.15, -0.1) is 0 Å². The van der Waals surface area contributed by atoms with E-state index in [9.17, 15) is 0 Å². The third kappa shape index (κ3) is 2.82. The van der Waals surface area contributed by atoms with E-state index in [1.807, 2.05) is 24.3 Å². The number of aromatic nitrogens is 1. The summed E-state index contributed by atoms with van der Waals surface area (Å²) in [4.78, 5) is 4.06. The molecule has 0 fully saturated rings. The predicted octanol–water partition coefficient (Wildman–Crippen LogP) is 2.53. The van der Waals surface area contributed by atoms with Gasteiger partial charge >= 0.3 is 0 Å². The molecule has 0 bridgehead atoms. The van der Waals surface area contributed by atoms with Gasteiger partial charge in [-0.25, -0.2) is 4.98 Å². The van der Waals surface area contributed by atoms with E-state index < -0.39 is 0 Å². The Kier molecular flexibility index (Phi) is 3.97. The largest absolute Gasteiger partial charge is 0.455 e. The Hall–Kier alpha value is -2.56. The van der Waals surface area contributed by atoms with Gasteiger partial charge in [-0.1, -0.05) is 30.3 Å². The van der Waals surface area contributed by atoms with E-state index in [-0.39, 0.29) is 5.84 Å². The molecule has 0 atom stereocenters. The Morgan fingerprint density at radius 2 is 2.00 bits per heavy atom. The Balaban J connectivity index is 2.39. The third-order valence-electron chi connectivity index (χ3n) is 2.69. The number of aryl methyl sites for hydroxylation is 1. The number of benzene rings is 1. The number of nitrogens with two attached hydrogens (primary N) is 1. The molecule has 2 rings (SSSR count). The van der Waals surface area contributed by atoms with Crippen molar-refractivity contribution in [3.8, 4) is 11.5 Å². The van der Waals surface area contributed by atoms with Crippen LogP contribution in [0.3, 0.4) is 0 Å². The third-order valence-corrected chi connectivity index (χ3v) is 2.69. The lowest BCUT2D eigenvalue weighted by atomic mass is 10.1. The van der Waals surface area contributed by atoms with E-state index in [4.69, 9.17) is 15.7 Å². The maximum absolute atomic E-state index is 8.75. The fraction of sp³-hybridized carbons (Fsp3) is 0.143. The first-order chi connectivity index (χ1) is 9.26. The van der Waals surface area contributed by atoms with Crippen molar-refractivity contribution in [1.29, 1.82) is 0 Å². The average molecular weight is 257 g/mol. The molecule has 0 saturated heterocycles. The monoisotopic (exact) mass is 257 g/mol. The van der Waals surface area contributed by atoms with Gasteiger partial charge in [0.2, 0.25) is 0 Å². The molecule has 0 spiro atoms. The minimum absolute atomic E-state index is 0.0791. The molecule has 0 radical (unpaired) electrons. The van der Waals surface area contributed by atoms with Gasteiger partial charge in [0, 0.05) is 6.20 Å². The molecule has 2 aromatic rings. The lowest BCUT2D eigenvalue weighted by molar-refractivity contribution is 0.318. The molecule has 0 aliphatic heterocycles. The maximum atomic E-state index is 8.75. The van der Waals surface area contributed by atoms with E-state index in [0.29, 0.717) is 11.4 Å². The summed E-state index contributed by atoms with van der Waals surface area (Å²) in [5, 5.41) is 11.7. The van der Waals surface area contributed by atoms with E-state index in [1.165, 1.54) is 0 Å². The fourth-order valence-electron chi connectivity index (χ4n) is 1.73. The van der Waals surface area contributed by atoms with Crippen LogP contribution in [0.1, 0.15) is 18.2 Å². The molecular weight excluding hydrogens is 242 g/mol. The molecule has 98 valence electrons. The van der Waals surface area contributed by atoms with Crippen LogP contribution in [-0.2, 0) is 6.42 Å². The quantitative estimate of drug-likeness (QED) is 0.381. The topological polar surface area (TPSA) is 80.7 Å². The van der Waals surface area contributed by atoms with Crippen molar-refractivity contribution in [1.82, 2.24) is 4.98 Å². The Morgan fingerprint density at radius 1 is 1.26 bits per heavy atom. The standard InChI is InChI=1S/C14H15N3O2/c1-2-10-6-3-4-7-11(10)19-12-8-5-9-16-13(12)14(15)17-18/h3-9,18H,2H2,1H3,(H2,15,17). The zero-order valence-corrected chi connectivity index (χ0v) is 10.6. The number of rotatable bonds is 4. The number of para-hydroxylation sites is 1. The van der Waals surface area contributed by atoms with Gasteiger partial charge in [0.1, 0.15) is 5.75 Å². The molecule has 0 saturated carbocycles. The number of hydrogen-bond acceptors (Lipinski definition) is 4. The summed E-state index contributed by atoms with van der Waals surface area (Å²) < 4.78 is 5.82. The normalized spacial score (nSPS) is 11.3. The van der Waals surface area contributed by atoms with Crippen LogP contribution in [0.4, 0.5) is 0 Å².